The molecule has 1 heterocycles. The summed E-state index contributed by atoms with van der Waals surface area (Å²) in [5.74, 6) is -1.74. The lowest BCUT2D eigenvalue weighted by Gasteiger charge is -2.43. The molecule has 0 radical (unpaired) electrons. The number of benzene rings is 3. The smallest absolute Gasteiger partial charge is 0.323 e. The Balaban J connectivity index is 1.69. The van der Waals surface area contributed by atoms with Gasteiger partial charge in [-0.05, 0) is 56.2 Å². The number of ether oxygens (including phenoxy) is 1. The number of carbonyl (C=O) groups excluding carboxylic acids is 3. The van der Waals surface area contributed by atoms with Crippen molar-refractivity contribution in [3.8, 4) is 5.75 Å². The molecule has 3 aromatic carbocycles. The fourth-order valence-electron chi connectivity index (χ4n) is 4.85. The highest BCUT2D eigenvalue weighted by Gasteiger charge is 2.41. The minimum absolute atomic E-state index is 0.214. The van der Waals surface area contributed by atoms with Crippen LogP contribution < -0.4 is 15.4 Å². The number of methoxy groups -OCH3 is 1. The Bertz CT molecular complexity index is 1420. The summed E-state index contributed by atoms with van der Waals surface area (Å²) in [6.07, 6.45) is -1.26. The Morgan fingerprint density at radius 3 is 2.32 bits per heavy atom. The number of nitrogens with zero attached hydrogens (tertiary/aromatic N) is 2. The lowest BCUT2D eigenvalue weighted by Crippen LogP contribution is -2.64. The molecule has 3 N–H and O–H groups in total. The number of carboxylic acid groups (broad SMARTS) is 1. The van der Waals surface area contributed by atoms with Gasteiger partial charge in [-0.3, -0.25) is 19.3 Å². The highest BCUT2D eigenvalue weighted by atomic mass is 16.5. The number of urea groups is 1. The molecule has 41 heavy (non-hydrogen) atoms. The first kappa shape index (κ1) is 29.1. The van der Waals surface area contributed by atoms with Gasteiger partial charge in [0.2, 0.25) is 0 Å². The molecule has 3 aromatic rings. The number of amides is 4. The molecule has 0 aliphatic carbocycles. The van der Waals surface area contributed by atoms with Gasteiger partial charge in [0.25, 0.3) is 11.8 Å². The molecule has 2 atom stereocenters. The van der Waals surface area contributed by atoms with E-state index in [9.17, 15) is 24.3 Å². The summed E-state index contributed by atoms with van der Waals surface area (Å²) in [4.78, 5) is 55.7. The molecule has 1 saturated heterocycles. The summed E-state index contributed by atoms with van der Waals surface area (Å²) in [6, 6.07) is 19.6. The minimum atomic E-state index is -1.32. The van der Waals surface area contributed by atoms with Gasteiger partial charge in [0.15, 0.2) is 6.17 Å². The first-order valence-electron chi connectivity index (χ1n) is 13.3. The van der Waals surface area contributed by atoms with Gasteiger partial charge in [0.05, 0.1) is 19.6 Å². The molecule has 214 valence electrons. The van der Waals surface area contributed by atoms with Crippen LogP contribution in [0.25, 0.3) is 0 Å². The second-order valence-corrected chi connectivity index (χ2v) is 10.0. The first-order valence-corrected chi connectivity index (χ1v) is 13.3. The third-order valence-electron chi connectivity index (χ3n) is 6.90. The van der Waals surface area contributed by atoms with E-state index in [1.165, 1.54) is 16.9 Å². The van der Waals surface area contributed by atoms with E-state index < -0.39 is 36.0 Å². The largest absolute Gasteiger partial charge is 0.497 e. The topological polar surface area (TPSA) is 128 Å². The van der Waals surface area contributed by atoms with E-state index in [-0.39, 0.29) is 19.5 Å². The van der Waals surface area contributed by atoms with E-state index in [1.54, 1.807) is 54.6 Å². The van der Waals surface area contributed by atoms with Crippen molar-refractivity contribution >= 4 is 29.5 Å². The Morgan fingerprint density at radius 1 is 0.927 bits per heavy atom. The molecular weight excluding hydrogens is 524 g/mol. The lowest BCUT2D eigenvalue weighted by molar-refractivity contribution is -0.138. The maximum Gasteiger partial charge on any atom is 0.323 e. The number of hydrogen-bond donors (Lipinski definition) is 3. The van der Waals surface area contributed by atoms with Crippen molar-refractivity contribution in [3.63, 3.8) is 0 Å². The van der Waals surface area contributed by atoms with Gasteiger partial charge in [0.1, 0.15) is 5.75 Å². The zero-order valence-electron chi connectivity index (χ0n) is 23.3. The summed E-state index contributed by atoms with van der Waals surface area (Å²) < 4.78 is 5.27. The maximum absolute atomic E-state index is 14.0. The molecule has 1 aliphatic rings. The van der Waals surface area contributed by atoms with Crippen LogP contribution in [0.1, 0.15) is 45.9 Å². The van der Waals surface area contributed by atoms with Crippen LogP contribution >= 0.6 is 0 Å². The number of nitrogens with one attached hydrogen (secondary N) is 2. The van der Waals surface area contributed by atoms with E-state index in [1.807, 2.05) is 32.0 Å². The Morgan fingerprint density at radius 2 is 1.63 bits per heavy atom. The number of aliphatic carboxylic acids is 1. The van der Waals surface area contributed by atoms with Gasteiger partial charge >= 0.3 is 12.0 Å². The molecule has 1 aliphatic heterocycles. The maximum atomic E-state index is 14.0. The number of aryl methyl sites for hydroxylation is 2. The normalized spacial score (nSPS) is 15.5. The average Bonchev–Trinajstić information content (AvgIpc) is 2.97. The standard InChI is InChI=1S/C31H34N4O6/c1-20-11-13-24(14-12-20)32-31(40)35-16-6-15-34(30(39)23-9-5-10-25(18-23)41-3)29(35)28(38)33-26(19-27(36)37)22-8-4-7-21(2)17-22/h4-5,7-14,17-18,26,29H,6,15-16,19H2,1-3H3,(H,32,40)(H,33,38)(H,36,37). The number of carboxylic acids is 1. The van der Waals surface area contributed by atoms with Crippen molar-refractivity contribution in [2.75, 3.05) is 25.5 Å². The molecule has 4 rings (SSSR count). The average molecular weight is 559 g/mol. The monoisotopic (exact) mass is 558 g/mol. The molecule has 1 fully saturated rings. The van der Waals surface area contributed by atoms with Crippen LogP contribution in [0, 0.1) is 13.8 Å². The molecule has 0 aromatic heterocycles. The van der Waals surface area contributed by atoms with Crippen molar-refractivity contribution in [1.82, 2.24) is 15.1 Å². The first-order chi connectivity index (χ1) is 19.7. The molecule has 0 saturated carbocycles. The molecule has 0 bridgehead atoms. The van der Waals surface area contributed by atoms with E-state index in [2.05, 4.69) is 10.6 Å². The molecule has 0 spiro atoms. The molecule has 10 nitrogen and oxygen atoms in total. The summed E-state index contributed by atoms with van der Waals surface area (Å²) >= 11 is 0. The van der Waals surface area contributed by atoms with Crippen LogP contribution in [0.3, 0.4) is 0 Å². The van der Waals surface area contributed by atoms with E-state index in [4.69, 9.17) is 4.74 Å². The third kappa shape index (κ3) is 7.21. The molecule has 2 unspecified atom stereocenters. The van der Waals surface area contributed by atoms with Crippen LogP contribution in [-0.4, -0.2) is 65.1 Å². The highest BCUT2D eigenvalue weighted by molar-refractivity contribution is 6.00. The third-order valence-corrected chi connectivity index (χ3v) is 6.90. The van der Waals surface area contributed by atoms with Crippen LogP contribution in [0.5, 0.6) is 5.75 Å². The Labute approximate surface area is 238 Å². The van der Waals surface area contributed by atoms with Crippen molar-refractivity contribution in [1.29, 1.82) is 0 Å². The quantitative estimate of drug-likeness (QED) is 0.377. The number of hydrogen-bond acceptors (Lipinski definition) is 5. The zero-order chi connectivity index (χ0) is 29.5. The fourth-order valence-corrected chi connectivity index (χ4v) is 4.85. The Hall–Kier alpha value is -4.86. The van der Waals surface area contributed by atoms with Gasteiger partial charge in [-0.1, -0.05) is 53.6 Å². The number of rotatable bonds is 8. The fraction of sp³-hybridized carbons (Fsp3) is 0.290. The number of anilines is 1. The van der Waals surface area contributed by atoms with Crippen LogP contribution in [-0.2, 0) is 9.59 Å². The van der Waals surface area contributed by atoms with Gasteiger partial charge in [-0.2, -0.15) is 0 Å². The van der Waals surface area contributed by atoms with Crippen molar-refractivity contribution < 1.29 is 29.0 Å². The van der Waals surface area contributed by atoms with E-state index in [0.717, 1.165) is 11.1 Å². The predicted molar refractivity (Wildman–Crippen MR) is 154 cm³/mol. The second-order valence-electron chi connectivity index (χ2n) is 10.0. The van der Waals surface area contributed by atoms with Crippen LogP contribution in [0.15, 0.2) is 72.8 Å². The van der Waals surface area contributed by atoms with Crippen molar-refractivity contribution in [3.05, 3.63) is 95.1 Å². The highest BCUT2D eigenvalue weighted by Crippen LogP contribution is 2.24. The van der Waals surface area contributed by atoms with Gasteiger partial charge in [0, 0.05) is 24.3 Å². The summed E-state index contributed by atoms with van der Waals surface area (Å²) in [5, 5.41) is 15.2. The SMILES string of the molecule is COc1cccc(C(=O)N2CCCN(C(=O)Nc3ccc(C)cc3)C2C(=O)NC(CC(=O)O)c2cccc(C)c2)c1. The zero-order valence-corrected chi connectivity index (χ0v) is 23.3. The van der Waals surface area contributed by atoms with Crippen LogP contribution in [0.2, 0.25) is 0 Å². The van der Waals surface area contributed by atoms with Gasteiger partial charge < -0.3 is 25.4 Å². The molecular formula is C31H34N4O6. The van der Waals surface area contributed by atoms with Crippen molar-refractivity contribution in [2.45, 2.75) is 38.9 Å². The van der Waals surface area contributed by atoms with E-state index in [0.29, 0.717) is 29.0 Å². The second kappa shape index (κ2) is 13.0. The van der Waals surface area contributed by atoms with Gasteiger partial charge in [-0.25, -0.2) is 4.79 Å². The van der Waals surface area contributed by atoms with E-state index >= 15 is 0 Å². The lowest BCUT2D eigenvalue weighted by atomic mass is 10.0. The Kier molecular flexibility index (Phi) is 9.23. The molecule has 10 heteroatoms. The molecule has 4 amide bonds. The minimum Gasteiger partial charge on any atom is -0.497 e. The van der Waals surface area contributed by atoms with Gasteiger partial charge in [-0.15, -0.1) is 0 Å². The van der Waals surface area contributed by atoms with Crippen molar-refractivity contribution in [2.24, 2.45) is 0 Å². The summed E-state index contributed by atoms with van der Waals surface area (Å²) in [7, 11) is 1.49. The van der Waals surface area contributed by atoms with Crippen LogP contribution in [0.4, 0.5) is 10.5 Å². The predicted octanol–water partition coefficient (Wildman–Crippen LogP) is 4.35. The summed E-state index contributed by atoms with van der Waals surface area (Å²) in [5.41, 5.74) is 3.37. The number of carbonyl (C=O) groups is 4. The summed E-state index contributed by atoms with van der Waals surface area (Å²) in [6.45, 7) is 4.23.